The Bertz CT molecular complexity index is 870. The van der Waals surface area contributed by atoms with Crippen LogP contribution in [0, 0.1) is 0 Å². The average Bonchev–Trinajstić information content (AvgIpc) is 2.81. The van der Waals surface area contributed by atoms with Crippen LogP contribution in [-0.2, 0) is 45.4 Å². The summed E-state index contributed by atoms with van der Waals surface area (Å²) in [6, 6.07) is 13.5. The molecule has 2 rings (SSSR count). The van der Waals surface area contributed by atoms with E-state index >= 15 is 0 Å². The SMILES string of the molecule is COP(=O)(CCc1cc(CCP(=O)(OC)OC)cc(Oc2ccc(CBr)cc2)c1)OC. The molecule has 0 amide bonds. The van der Waals surface area contributed by atoms with Crippen LogP contribution in [0.3, 0.4) is 0 Å². The van der Waals surface area contributed by atoms with Crippen molar-refractivity contribution in [3.8, 4) is 11.5 Å². The summed E-state index contributed by atoms with van der Waals surface area (Å²) in [5.74, 6) is 1.33. The molecule has 0 saturated heterocycles. The molecule has 0 bridgehead atoms. The van der Waals surface area contributed by atoms with Gasteiger partial charge in [-0.25, -0.2) is 0 Å². The number of benzene rings is 2. The summed E-state index contributed by atoms with van der Waals surface area (Å²) >= 11 is 3.43. The van der Waals surface area contributed by atoms with Gasteiger partial charge >= 0.3 is 15.2 Å². The van der Waals surface area contributed by atoms with Gasteiger partial charge in [0.25, 0.3) is 0 Å². The van der Waals surface area contributed by atoms with Crippen LogP contribution in [0.4, 0.5) is 0 Å². The minimum atomic E-state index is -3.13. The van der Waals surface area contributed by atoms with Crippen molar-refractivity contribution < 1.29 is 32.0 Å². The highest BCUT2D eigenvalue weighted by Crippen LogP contribution is 2.48. The van der Waals surface area contributed by atoms with Gasteiger partial charge in [0, 0.05) is 33.8 Å². The maximum absolute atomic E-state index is 12.4. The lowest BCUT2D eigenvalue weighted by atomic mass is 10.1. The Balaban J connectivity index is 2.27. The monoisotopic (exact) mass is 534 g/mol. The van der Waals surface area contributed by atoms with Crippen LogP contribution in [0.1, 0.15) is 16.7 Å². The number of hydrogen-bond acceptors (Lipinski definition) is 7. The molecule has 0 radical (unpaired) electrons. The molecule has 7 nitrogen and oxygen atoms in total. The summed E-state index contributed by atoms with van der Waals surface area (Å²) in [4.78, 5) is 0. The van der Waals surface area contributed by atoms with Crippen LogP contribution in [0.5, 0.6) is 11.5 Å². The zero-order chi connectivity index (χ0) is 22.9. The van der Waals surface area contributed by atoms with E-state index in [1.54, 1.807) is 0 Å². The second kappa shape index (κ2) is 12.3. The molecule has 0 atom stereocenters. The van der Waals surface area contributed by atoms with Crippen LogP contribution in [0.25, 0.3) is 0 Å². The fourth-order valence-electron chi connectivity index (χ4n) is 2.91. The molecular formula is C21H29BrO7P2. The maximum atomic E-state index is 12.4. The Morgan fingerprint density at radius 3 is 1.52 bits per heavy atom. The van der Waals surface area contributed by atoms with Crippen LogP contribution >= 0.6 is 31.1 Å². The number of alkyl halides is 1. The summed E-state index contributed by atoms with van der Waals surface area (Å²) in [6.07, 6.45) is 1.41. The summed E-state index contributed by atoms with van der Waals surface area (Å²) in [7, 11) is -0.772. The maximum Gasteiger partial charge on any atom is 0.330 e. The zero-order valence-electron chi connectivity index (χ0n) is 18.2. The summed E-state index contributed by atoms with van der Waals surface area (Å²) in [6.45, 7) is 0. The van der Waals surface area contributed by atoms with Crippen LogP contribution in [0.2, 0.25) is 0 Å². The van der Waals surface area contributed by atoms with Crippen molar-refractivity contribution in [3.05, 3.63) is 59.2 Å². The first kappa shape index (κ1) is 26.3. The van der Waals surface area contributed by atoms with Gasteiger partial charge in [-0.1, -0.05) is 34.1 Å². The van der Waals surface area contributed by atoms with Crippen LogP contribution in [0.15, 0.2) is 42.5 Å². The average molecular weight is 535 g/mol. The lowest BCUT2D eigenvalue weighted by Crippen LogP contribution is -2.02. The van der Waals surface area contributed by atoms with Gasteiger partial charge in [-0.3, -0.25) is 9.13 Å². The van der Waals surface area contributed by atoms with Gasteiger partial charge in [-0.05, 0) is 53.8 Å². The molecular weight excluding hydrogens is 506 g/mol. The molecule has 0 aliphatic carbocycles. The van der Waals surface area contributed by atoms with Crippen molar-refractivity contribution in [3.63, 3.8) is 0 Å². The third-order valence-electron chi connectivity index (χ3n) is 4.80. The third kappa shape index (κ3) is 8.14. The van der Waals surface area contributed by atoms with E-state index in [9.17, 15) is 9.13 Å². The van der Waals surface area contributed by atoms with Crippen LogP contribution in [-0.4, -0.2) is 40.8 Å². The molecule has 0 spiro atoms. The Hall–Kier alpha value is -0.980. The Morgan fingerprint density at radius 1 is 0.677 bits per heavy atom. The fourth-order valence-corrected chi connectivity index (χ4v) is 5.37. The molecule has 0 fully saturated rings. The normalized spacial score (nSPS) is 12.2. The number of halogens is 1. The van der Waals surface area contributed by atoms with E-state index in [2.05, 4.69) is 15.9 Å². The topological polar surface area (TPSA) is 80.3 Å². The molecule has 0 N–H and O–H groups in total. The number of ether oxygens (including phenoxy) is 1. The Morgan fingerprint density at radius 2 is 1.13 bits per heavy atom. The van der Waals surface area contributed by atoms with E-state index < -0.39 is 15.2 Å². The molecule has 10 heteroatoms. The predicted octanol–water partition coefficient (Wildman–Crippen LogP) is 6.43. The van der Waals surface area contributed by atoms with E-state index in [1.807, 2.05) is 42.5 Å². The van der Waals surface area contributed by atoms with E-state index in [-0.39, 0.29) is 12.3 Å². The minimum absolute atomic E-state index is 0.234. The summed E-state index contributed by atoms with van der Waals surface area (Å²) in [5.41, 5.74) is 2.96. The molecule has 172 valence electrons. The van der Waals surface area contributed by atoms with E-state index in [0.29, 0.717) is 24.3 Å². The van der Waals surface area contributed by atoms with Crippen LogP contribution < -0.4 is 4.74 Å². The predicted molar refractivity (Wildman–Crippen MR) is 126 cm³/mol. The first-order chi connectivity index (χ1) is 14.8. The smallest absolute Gasteiger partial charge is 0.330 e. The molecule has 0 saturated carbocycles. The highest BCUT2D eigenvalue weighted by molar-refractivity contribution is 9.08. The van der Waals surface area contributed by atoms with Crippen molar-refractivity contribution in [2.45, 2.75) is 18.2 Å². The second-order valence-electron chi connectivity index (χ2n) is 6.76. The molecule has 0 heterocycles. The van der Waals surface area contributed by atoms with Gasteiger partial charge in [0.05, 0.1) is 12.3 Å². The Kier molecular flexibility index (Phi) is 10.4. The van der Waals surface area contributed by atoms with E-state index in [4.69, 9.17) is 22.8 Å². The van der Waals surface area contributed by atoms with Gasteiger partial charge in [0.2, 0.25) is 0 Å². The van der Waals surface area contributed by atoms with Gasteiger partial charge in [-0.2, -0.15) is 0 Å². The lowest BCUT2D eigenvalue weighted by molar-refractivity contribution is 0.275. The van der Waals surface area contributed by atoms with Gasteiger partial charge < -0.3 is 22.8 Å². The largest absolute Gasteiger partial charge is 0.457 e. The number of rotatable bonds is 13. The molecule has 0 aliphatic heterocycles. The summed E-state index contributed by atoms with van der Waals surface area (Å²) < 4.78 is 51.1. The molecule has 0 aromatic heterocycles. The van der Waals surface area contributed by atoms with Crippen molar-refractivity contribution in [1.82, 2.24) is 0 Å². The highest BCUT2D eigenvalue weighted by atomic mass is 79.9. The van der Waals surface area contributed by atoms with E-state index in [1.165, 1.54) is 28.4 Å². The standard InChI is InChI=1S/C21H29BrO7P2/c1-25-30(23,26-2)11-9-18-13-19(10-12-31(24,27-3)28-4)15-21(14-18)29-20-7-5-17(16-22)6-8-20/h5-8,13-15H,9-12,16H2,1-4H3. The third-order valence-corrected chi connectivity index (χ3v) is 9.22. The minimum Gasteiger partial charge on any atom is -0.457 e. The van der Waals surface area contributed by atoms with Crippen molar-refractivity contribution in [2.24, 2.45) is 0 Å². The highest BCUT2D eigenvalue weighted by Gasteiger charge is 2.22. The molecule has 2 aromatic rings. The van der Waals surface area contributed by atoms with E-state index in [0.717, 1.165) is 22.0 Å². The number of hydrogen-bond donors (Lipinski definition) is 0. The lowest BCUT2D eigenvalue weighted by Gasteiger charge is -2.16. The second-order valence-corrected chi connectivity index (χ2v) is 12.1. The molecule has 0 unspecified atom stereocenters. The van der Waals surface area contributed by atoms with Gasteiger partial charge in [0.1, 0.15) is 11.5 Å². The van der Waals surface area contributed by atoms with Gasteiger partial charge in [-0.15, -0.1) is 0 Å². The van der Waals surface area contributed by atoms with Crippen molar-refractivity contribution >= 4 is 31.1 Å². The summed E-state index contributed by atoms with van der Waals surface area (Å²) in [5, 5.41) is 0.769. The fraction of sp³-hybridized carbons (Fsp3) is 0.429. The van der Waals surface area contributed by atoms with Gasteiger partial charge in [0.15, 0.2) is 0 Å². The number of aryl methyl sites for hydroxylation is 2. The Labute approximate surface area is 192 Å². The van der Waals surface area contributed by atoms with Crippen molar-refractivity contribution in [2.75, 3.05) is 40.8 Å². The molecule has 2 aromatic carbocycles. The molecule has 0 aliphatic rings. The first-order valence-electron chi connectivity index (χ1n) is 9.65. The first-order valence-corrected chi connectivity index (χ1v) is 14.2. The zero-order valence-corrected chi connectivity index (χ0v) is 21.6. The van der Waals surface area contributed by atoms with Crippen molar-refractivity contribution in [1.29, 1.82) is 0 Å². The quantitative estimate of drug-likeness (QED) is 0.216. The molecule has 31 heavy (non-hydrogen) atoms.